The summed E-state index contributed by atoms with van der Waals surface area (Å²) in [5.74, 6) is 0.482. The average molecular weight is 385 g/mol. The lowest BCUT2D eigenvalue weighted by atomic mass is 10.1. The van der Waals surface area contributed by atoms with Crippen LogP contribution in [0.1, 0.15) is 26.3 Å². The molecule has 144 valence electrons. The third-order valence-electron chi connectivity index (χ3n) is 4.73. The number of likely N-dealkylation sites (N-methyl/N-ethyl adjacent to an activating group) is 1. The van der Waals surface area contributed by atoms with Gasteiger partial charge in [0.1, 0.15) is 5.15 Å². The lowest BCUT2D eigenvalue weighted by Crippen LogP contribution is -2.51. The van der Waals surface area contributed by atoms with Crippen molar-refractivity contribution < 1.29 is 14.4 Å². The Morgan fingerprint density at radius 1 is 1.46 bits per heavy atom. The normalized spacial score (nSPS) is 22.8. The number of aromatic nitrogens is 1. The average Bonchev–Trinajstić information content (AvgIpc) is 2.84. The highest BCUT2D eigenvalue weighted by Gasteiger charge is 2.57. The molecule has 1 aromatic heterocycles. The second-order valence-corrected chi connectivity index (χ2v) is 6.51. The number of nitro groups is 1. The summed E-state index contributed by atoms with van der Waals surface area (Å²) < 4.78 is 11.4. The minimum Gasteiger partial charge on any atom is -0.362 e. The van der Waals surface area contributed by atoms with Gasteiger partial charge < -0.3 is 19.3 Å². The van der Waals surface area contributed by atoms with E-state index in [1.54, 1.807) is 31.1 Å². The molecule has 0 N–H and O–H groups in total. The Hall–Kier alpha value is -1.90. The summed E-state index contributed by atoms with van der Waals surface area (Å²) in [6.45, 7) is 6.91. The van der Waals surface area contributed by atoms with Gasteiger partial charge in [0.15, 0.2) is 17.6 Å². The lowest BCUT2D eigenvalue weighted by molar-refractivity contribution is -0.441. The van der Waals surface area contributed by atoms with Crippen molar-refractivity contribution in [3.8, 4) is 0 Å². The molecular formula is C17H25ClN4O4. The van der Waals surface area contributed by atoms with Crippen LogP contribution in [0.25, 0.3) is 0 Å². The number of pyridine rings is 1. The van der Waals surface area contributed by atoms with Crippen molar-refractivity contribution in [2.24, 2.45) is 0 Å². The van der Waals surface area contributed by atoms with E-state index < -0.39 is 11.8 Å². The SMILES string of the molecule is CCOC1C([N+](=O)[O-])=C(N(CC)Cc2ccc(Cl)nc2)N(C)C1(C)OC. The van der Waals surface area contributed by atoms with Crippen LogP contribution < -0.4 is 0 Å². The number of nitrogens with zero attached hydrogens (tertiary/aromatic N) is 4. The molecule has 0 spiro atoms. The highest BCUT2D eigenvalue weighted by atomic mass is 35.5. The monoisotopic (exact) mass is 384 g/mol. The Bertz CT molecular complexity index is 682. The summed E-state index contributed by atoms with van der Waals surface area (Å²) in [6.07, 6.45) is 0.868. The fourth-order valence-corrected chi connectivity index (χ4v) is 3.29. The van der Waals surface area contributed by atoms with Crippen LogP contribution in [-0.2, 0) is 16.0 Å². The fraction of sp³-hybridized carbons (Fsp3) is 0.588. The smallest absolute Gasteiger partial charge is 0.319 e. The van der Waals surface area contributed by atoms with Crippen LogP contribution in [0.3, 0.4) is 0 Å². The van der Waals surface area contributed by atoms with Crippen molar-refractivity contribution in [2.45, 2.75) is 39.1 Å². The van der Waals surface area contributed by atoms with Crippen LogP contribution in [0.5, 0.6) is 0 Å². The molecule has 2 rings (SSSR count). The van der Waals surface area contributed by atoms with Gasteiger partial charge in [0, 0.05) is 40.1 Å². The summed E-state index contributed by atoms with van der Waals surface area (Å²) in [5, 5.41) is 12.3. The quantitative estimate of drug-likeness (QED) is 0.387. The third-order valence-corrected chi connectivity index (χ3v) is 4.96. The van der Waals surface area contributed by atoms with Crippen molar-refractivity contribution in [1.29, 1.82) is 0 Å². The van der Waals surface area contributed by atoms with Crippen molar-refractivity contribution in [1.82, 2.24) is 14.8 Å². The van der Waals surface area contributed by atoms with Crippen molar-refractivity contribution in [3.63, 3.8) is 0 Å². The molecule has 0 aromatic carbocycles. The first-order valence-electron chi connectivity index (χ1n) is 8.44. The Labute approximate surface area is 158 Å². The molecule has 0 fully saturated rings. The molecule has 1 aromatic rings. The van der Waals surface area contributed by atoms with Gasteiger partial charge in [-0.25, -0.2) is 4.98 Å². The maximum Gasteiger partial charge on any atom is 0.319 e. The van der Waals surface area contributed by atoms with Crippen LogP contribution in [0.4, 0.5) is 0 Å². The van der Waals surface area contributed by atoms with E-state index in [0.29, 0.717) is 30.7 Å². The second-order valence-electron chi connectivity index (χ2n) is 6.12. The number of rotatable bonds is 8. The Kier molecular flexibility index (Phi) is 6.44. The topological polar surface area (TPSA) is 81.0 Å². The summed E-state index contributed by atoms with van der Waals surface area (Å²) >= 11 is 5.84. The molecule has 26 heavy (non-hydrogen) atoms. The van der Waals surface area contributed by atoms with E-state index in [2.05, 4.69) is 4.98 Å². The first kappa shape index (κ1) is 20.4. The molecule has 9 heteroatoms. The molecule has 1 aliphatic rings. The zero-order valence-corrected chi connectivity index (χ0v) is 16.5. The van der Waals surface area contributed by atoms with E-state index in [4.69, 9.17) is 21.1 Å². The molecule has 0 saturated heterocycles. The van der Waals surface area contributed by atoms with E-state index in [1.165, 1.54) is 7.11 Å². The van der Waals surface area contributed by atoms with Crippen LogP contribution >= 0.6 is 11.6 Å². The number of ether oxygens (including phenoxy) is 2. The molecule has 1 aliphatic heterocycles. The number of methoxy groups -OCH3 is 1. The van der Waals surface area contributed by atoms with Gasteiger partial charge in [-0.3, -0.25) is 10.1 Å². The molecule has 8 nitrogen and oxygen atoms in total. The van der Waals surface area contributed by atoms with E-state index in [-0.39, 0.29) is 10.6 Å². The standard InChI is InChI=1S/C17H25ClN4O4/c1-6-21(11-12-8-9-13(18)19-10-12)16-14(22(23)24)15(26-7-2)17(3,25-5)20(16)4/h8-10,15H,6-7,11H2,1-5H3. The molecule has 2 atom stereocenters. The minimum absolute atomic E-state index is 0.00229. The predicted octanol–water partition coefficient (Wildman–Crippen LogP) is 2.72. The van der Waals surface area contributed by atoms with E-state index >= 15 is 0 Å². The van der Waals surface area contributed by atoms with Gasteiger partial charge in [-0.05, 0) is 32.4 Å². The maximum atomic E-state index is 11.9. The fourth-order valence-electron chi connectivity index (χ4n) is 3.18. The number of halogens is 1. The zero-order valence-electron chi connectivity index (χ0n) is 15.7. The van der Waals surface area contributed by atoms with Gasteiger partial charge in [0.05, 0.1) is 4.92 Å². The third kappa shape index (κ3) is 3.62. The lowest BCUT2D eigenvalue weighted by Gasteiger charge is -2.38. The summed E-state index contributed by atoms with van der Waals surface area (Å²) in [7, 11) is 3.31. The molecule has 0 amide bonds. The Morgan fingerprint density at radius 3 is 2.62 bits per heavy atom. The first-order valence-corrected chi connectivity index (χ1v) is 8.82. The van der Waals surface area contributed by atoms with Crippen LogP contribution in [0, 0.1) is 10.1 Å². The molecule has 0 aliphatic carbocycles. The predicted molar refractivity (Wildman–Crippen MR) is 97.9 cm³/mol. The summed E-state index contributed by atoms with van der Waals surface area (Å²) in [5.41, 5.74) is -0.0688. The zero-order chi connectivity index (χ0) is 19.5. The van der Waals surface area contributed by atoms with E-state index in [1.807, 2.05) is 24.8 Å². The molecular weight excluding hydrogens is 360 g/mol. The van der Waals surface area contributed by atoms with E-state index in [9.17, 15) is 10.1 Å². The largest absolute Gasteiger partial charge is 0.362 e. The number of hydrogen-bond donors (Lipinski definition) is 0. The molecule has 2 heterocycles. The van der Waals surface area contributed by atoms with Gasteiger partial charge in [-0.2, -0.15) is 0 Å². The molecule has 0 bridgehead atoms. The van der Waals surface area contributed by atoms with Crippen molar-refractivity contribution >= 4 is 11.6 Å². The van der Waals surface area contributed by atoms with Crippen LogP contribution in [-0.4, -0.2) is 58.8 Å². The van der Waals surface area contributed by atoms with E-state index in [0.717, 1.165) is 5.56 Å². The highest BCUT2D eigenvalue weighted by molar-refractivity contribution is 6.29. The van der Waals surface area contributed by atoms with Gasteiger partial charge >= 0.3 is 5.70 Å². The summed E-state index contributed by atoms with van der Waals surface area (Å²) in [4.78, 5) is 19.3. The van der Waals surface area contributed by atoms with Crippen molar-refractivity contribution in [2.75, 3.05) is 27.3 Å². The number of hydrogen-bond acceptors (Lipinski definition) is 7. The molecule has 0 radical (unpaired) electrons. The Balaban J connectivity index is 2.48. The molecule has 0 saturated carbocycles. The maximum absolute atomic E-state index is 11.9. The van der Waals surface area contributed by atoms with Crippen LogP contribution in [0.15, 0.2) is 29.8 Å². The van der Waals surface area contributed by atoms with Gasteiger partial charge in [0.25, 0.3) is 0 Å². The first-order chi connectivity index (χ1) is 12.3. The highest BCUT2D eigenvalue weighted by Crippen LogP contribution is 2.40. The van der Waals surface area contributed by atoms with Gasteiger partial charge in [-0.15, -0.1) is 0 Å². The van der Waals surface area contributed by atoms with Crippen LogP contribution in [0.2, 0.25) is 5.15 Å². The summed E-state index contributed by atoms with van der Waals surface area (Å²) in [6, 6.07) is 3.56. The van der Waals surface area contributed by atoms with Gasteiger partial charge in [-0.1, -0.05) is 17.7 Å². The molecule has 2 unspecified atom stereocenters. The second kappa shape index (κ2) is 8.20. The Morgan fingerprint density at radius 2 is 2.15 bits per heavy atom. The minimum atomic E-state index is -0.973. The van der Waals surface area contributed by atoms with Crippen molar-refractivity contribution in [3.05, 3.63) is 50.7 Å². The van der Waals surface area contributed by atoms with Gasteiger partial charge in [0.2, 0.25) is 0 Å².